The number of nitrogens with one attached hydrogen (secondary N) is 2. The second-order valence-corrected chi connectivity index (χ2v) is 4.47. The van der Waals surface area contributed by atoms with Crippen LogP contribution in [0.15, 0.2) is 35.6 Å². The highest BCUT2D eigenvalue weighted by atomic mass is 35.5. The molecule has 1 aromatic heterocycles. The Bertz CT molecular complexity index is 708. The third-order valence-corrected chi connectivity index (χ3v) is 2.88. The SMILES string of the molecule is C/C(=N/NC(=O)c1[nH]ncc1[N+](=O)[O-])c1ccc(Cl)cc1. The minimum absolute atomic E-state index is 0.257. The van der Waals surface area contributed by atoms with Gasteiger partial charge in [-0.2, -0.15) is 10.2 Å². The van der Waals surface area contributed by atoms with E-state index in [9.17, 15) is 14.9 Å². The Hall–Kier alpha value is -2.74. The third-order valence-electron chi connectivity index (χ3n) is 2.63. The van der Waals surface area contributed by atoms with E-state index in [2.05, 4.69) is 20.7 Å². The standard InChI is InChI=1S/C12H10ClN5O3/c1-7(8-2-4-9(13)5-3-8)15-17-12(19)11-10(18(20)21)6-14-16-11/h2-6H,1H3,(H,14,16)(H,17,19)/b15-7-. The van der Waals surface area contributed by atoms with E-state index < -0.39 is 16.5 Å². The normalized spacial score (nSPS) is 11.2. The van der Waals surface area contributed by atoms with E-state index in [1.165, 1.54) is 0 Å². The van der Waals surface area contributed by atoms with E-state index in [-0.39, 0.29) is 5.69 Å². The topological polar surface area (TPSA) is 113 Å². The molecule has 2 N–H and O–H groups in total. The first kappa shape index (κ1) is 14.7. The van der Waals surface area contributed by atoms with Crippen molar-refractivity contribution < 1.29 is 9.72 Å². The molecule has 8 nitrogen and oxygen atoms in total. The molecule has 0 unspecified atom stereocenters. The Morgan fingerprint density at radius 2 is 2.10 bits per heavy atom. The van der Waals surface area contributed by atoms with Crippen molar-refractivity contribution in [2.75, 3.05) is 0 Å². The molecule has 0 spiro atoms. The van der Waals surface area contributed by atoms with Gasteiger partial charge < -0.3 is 0 Å². The number of aromatic amines is 1. The van der Waals surface area contributed by atoms with Gasteiger partial charge in [0, 0.05) is 5.02 Å². The van der Waals surface area contributed by atoms with E-state index in [1.54, 1.807) is 31.2 Å². The number of halogens is 1. The minimum atomic E-state index is -0.743. The number of hydrazone groups is 1. The van der Waals surface area contributed by atoms with Crippen molar-refractivity contribution in [1.82, 2.24) is 15.6 Å². The number of hydrogen-bond acceptors (Lipinski definition) is 5. The summed E-state index contributed by atoms with van der Waals surface area (Å²) < 4.78 is 0. The van der Waals surface area contributed by atoms with E-state index in [1.807, 2.05) is 0 Å². The molecule has 0 atom stereocenters. The number of carbonyl (C=O) groups is 1. The summed E-state index contributed by atoms with van der Waals surface area (Å²) in [5.74, 6) is -0.743. The number of nitrogens with zero attached hydrogens (tertiary/aromatic N) is 3. The Labute approximate surface area is 124 Å². The Morgan fingerprint density at radius 3 is 2.71 bits per heavy atom. The van der Waals surface area contributed by atoms with Gasteiger partial charge in [0.25, 0.3) is 5.91 Å². The van der Waals surface area contributed by atoms with E-state index in [0.29, 0.717) is 10.7 Å². The van der Waals surface area contributed by atoms with Crippen molar-refractivity contribution in [2.45, 2.75) is 6.92 Å². The summed E-state index contributed by atoms with van der Waals surface area (Å²) in [6.45, 7) is 1.69. The van der Waals surface area contributed by atoms with E-state index in [4.69, 9.17) is 11.6 Å². The number of nitro groups is 1. The summed E-state index contributed by atoms with van der Waals surface area (Å²) in [4.78, 5) is 21.8. The van der Waals surface area contributed by atoms with Crippen molar-refractivity contribution in [3.63, 3.8) is 0 Å². The van der Waals surface area contributed by atoms with E-state index in [0.717, 1.165) is 11.8 Å². The molecule has 1 aromatic carbocycles. The van der Waals surface area contributed by atoms with Crippen LogP contribution in [0.25, 0.3) is 0 Å². The molecule has 108 valence electrons. The van der Waals surface area contributed by atoms with Gasteiger partial charge in [0.05, 0.1) is 10.6 Å². The van der Waals surface area contributed by atoms with Crippen molar-refractivity contribution in [3.8, 4) is 0 Å². The number of rotatable bonds is 4. The van der Waals surface area contributed by atoms with Gasteiger partial charge in [-0.3, -0.25) is 20.0 Å². The van der Waals surface area contributed by atoms with Gasteiger partial charge in [-0.05, 0) is 24.6 Å². The van der Waals surface area contributed by atoms with Crippen molar-refractivity contribution >= 4 is 28.9 Å². The molecule has 0 bridgehead atoms. The first-order valence-electron chi connectivity index (χ1n) is 5.77. The maximum absolute atomic E-state index is 11.8. The fourth-order valence-electron chi connectivity index (χ4n) is 1.53. The van der Waals surface area contributed by atoms with Crippen LogP contribution in [0.4, 0.5) is 5.69 Å². The molecular weight excluding hydrogens is 298 g/mol. The summed E-state index contributed by atoms with van der Waals surface area (Å²) in [5.41, 5.74) is 2.86. The van der Waals surface area contributed by atoms with Gasteiger partial charge in [0.2, 0.25) is 5.69 Å². The van der Waals surface area contributed by atoms with Crippen LogP contribution in [0.3, 0.4) is 0 Å². The number of carbonyl (C=O) groups excluding carboxylic acids is 1. The summed E-state index contributed by atoms with van der Waals surface area (Å²) >= 11 is 5.77. The monoisotopic (exact) mass is 307 g/mol. The summed E-state index contributed by atoms with van der Waals surface area (Å²) in [6, 6.07) is 6.87. The molecular formula is C12H10ClN5O3. The van der Waals surface area contributed by atoms with Crippen LogP contribution in [0.2, 0.25) is 5.02 Å². The first-order chi connectivity index (χ1) is 9.99. The average Bonchev–Trinajstić information content (AvgIpc) is 2.95. The number of H-pyrrole nitrogens is 1. The van der Waals surface area contributed by atoms with Crippen LogP contribution in [0.1, 0.15) is 23.0 Å². The molecule has 0 aliphatic heterocycles. The number of hydrogen-bond donors (Lipinski definition) is 2. The number of aromatic nitrogens is 2. The van der Waals surface area contributed by atoms with Crippen LogP contribution in [0.5, 0.6) is 0 Å². The third kappa shape index (κ3) is 3.42. The van der Waals surface area contributed by atoms with Gasteiger partial charge in [-0.15, -0.1) is 0 Å². The lowest BCUT2D eigenvalue weighted by Crippen LogP contribution is -2.20. The molecule has 0 aliphatic carbocycles. The molecule has 0 radical (unpaired) electrons. The molecule has 9 heteroatoms. The van der Waals surface area contributed by atoms with Crippen LogP contribution >= 0.6 is 11.6 Å². The Kier molecular flexibility index (Phi) is 4.29. The maximum Gasteiger partial charge on any atom is 0.319 e. The molecule has 2 rings (SSSR count). The largest absolute Gasteiger partial charge is 0.319 e. The zero-order valence-electron chi connectivity index (χ0n) is 10.8. The van der Waals surface area contributed by atoms with Gasteiger partial charge >= 0.3 is 5.69 Å². The molecule has 0 aliphatic rings. The summed E-state index contributed by atoms with van der Waals surface area (Å²) in [7, 11) is 0. The molecule has 2 aromatic rings. The number of benzene rings is 1. The maximum atomic E-state index is 11.8. The smallest absolute Gasteiger partial charge is 0.267 e. The summed E-state index contributed by atoms with van der Waals surface area (Å²) in [5, 5.41) is 20.9. The molecule has 1 heterocycles. The van der Waals surface area contributed by atoms with Crippen LogP contribution in [-0.4, -0.2) is 26.7 Å². The van der Waals surface area contributed by atoms with Crippen LogP contribution in [-0.2, 0) is 0 Å². The molecule has 0 saturated heterocycles. The van der Waals surface area contributed by atoms with Crippen LogP contribution in [0, 0.1) is 10.1 Å². The van der Waals surface area contributed by atoms with Gasteiger partial charge in [0.15, 0.2) is 0 Å². The van der Waals surface area contributed by atoms with Crippen molar-refractivity contribution in [3.05, 3.63) is 56.9 Å². The average molecular weight is 308 g/mol. The molecule has 1 amide bonds. The van der Waals surface area contributed by atoms with E-state index >= 15 is 0 Å². The lowest BCUT2D eigenvalue weighted by atomic mass is 10.1. The molecule has 21 heavy (non-hydrogen) atoms. The summed E-state index contributed by atoms with van der Waals surface area (Å²) in [6.07, 6.45) is 0.963. The van der Waals surface area contributed by atoms with Gasteiger partial charge in [-0.25, -0.2) is 5.43 Å². The number of amides is 1. The fraction of sp³-hybridized carbons (Fsp3) is 0.0833. The first-order valence-corrected chi connectivity index (χ1v) is 6.15. The second kappa shape index (κ2) is 6.14. The zero-order chi connectivity index (χ0) is 15.4. The Balaban J connectivity index is 2.12. The lowest BCUT2D eigenvalue weighted by molar-refractivity contribution is -0.385. The highest BCUT2D eigenvalue weighted by Crippen LogP contribution is 2.14. The van der Waals surface area contributed by atoms with Crippen molar-refractivity contribution in [1.29, 1.82) is 0 Å². The van der Waals surface area contributed by atoms with Crippen molar-refractivity contribution in [2.24, 2.45) is 5.10 Å². The minimum Gasteiger partial charge on any atom is -0.267 e. The predicted octanol–water partition coefficient (Wildman–Crippen LogP) is 2.13. The van der Waals surface area contributed by atoms with Gasteiger partial charge in [-0.1, -0.05) is 23.7 Å². The van der Waals surface area contributed by atoms with Crippen LogP contribution < -0.4 is 5.43 Å². The molecule has 0 saturated carbocycles. The Morgan fingerprint density at radius 1 is 1.43 bits per heavy atom. The second-order valence-electron chi connectivity index (χ2n) is 4.03. The fourth-order valence-corrected chi connectivity index (χ4v) is 1.66. The quantitative estimate of drug-likeness (QED) is 0.511. The van der Waals surface area contributed by atoms with Gasteiger partial charge in [0.1, 0.15) is 6.20 Å². The highest BCUT2D eigenvalue weighted by molar-refractivity contribution is 6.30. The predicted molar refractivity (Wildman–Crippen MR) is 76.4 cm³/mol. The zero-order valence-corrected chi connectivity index (χ0v) is 11.6. The highest BCUT2D eigenvalue weighted by Gasteiger charge is 2.22. The molecule has 0 fully saturated rings. The lowest BCUT2D eigenvalue weighted by Gasteiger charge is -2.02.